The van der Waals surface area contributed by atoms with Crippen molar-refractivity contribution in [3.8, 4) is 12.3 Å². The highest BCUT2D eigenvalue weighted by molar-refractivity contribution is 4.84. The van der Waals surface area contributed by atoms with E-state index in [1.165, 1.54) is 0 Å². The molecule has 11 heavy (non-hydrogen) atoms. The highest BCUT2D eigenvalue weighted by Crippen LogP contribution is 1.93. The zero-order valence-electron chi connectivity index (χ0n) is 7.14. The smallest absolute Gasteiger partial charge is 0.0664 e. The van der Waals surface area contributed by atoms with Crippen molar-refractivity contribution in [2.24, 2.45) is 0 Å². The van der Waals surface area contributed by atoms with Gasteiger partial charge in [0.25, 0.3) is 0 Å². The van der Waals surface area contributed by atoms with Crippen molar-refractivity contribution >= 4 is 0 Å². The molecule has 0 amide bonds. The van der Waals surface area contributed by atoms with Crippen molar-refractivity contribution < 1.29 is 5.11 Å². The predicted octanol–water partition coefficient (Wildman–Crippen LogP) is 0.760. The van der Waals surface area contributed by atoms with Gasteiger partial charge in [-0.1, -0.05) is 13.3 Å². The monoisotopic (exact) mass is 155 g/mol. The average molecular weight is 155 g/mol. The SMILES string of the molecule is C#CCCNCC(O)CCC. The summed E-state index contributed by atoms with van der Waals surface area (Å²) in [5.74, 6) is 2.53. The Labute approximate surface area is 69.0 Å². The first-order chi connectivity index (χ1) is 5.31. The molecule has 0 saturated carbocycles. The van der Waals surface area contributed by atoms with Gasteiger partial charge >= 0.3 is 0 Å². The van der Waals surface area contributed by atoms with Gasteiger partial charge in [0.2, 0.25) is 0 Å². The van der Waals surface area contributed by atoms with Gasteiger partial charge in [0.1, 0.15) is 0 Å². The van der Waals surface area contributed by atoms with Crippen LogP contribution in [0.3, 0.4) is 0 Å². The lowest BCUT2D eigenvalue weighted by molar-refractivity contribution is 0.161. The van der Waals surface area contributed by atoms with Crippen LogP contribution < -0.4 is 5.32 Å². The summed E-state index contributed by atoms with van der Waals surface area (Å²) in [5.41, 5.74) is 0. The minimum Gasteiger partial charge on any atom is -0.392 e. The van der Waals surface area contributed by atoms with Crippen LogP contribution in [0.4, 0.5) is 0 Å². The van der Waals surface area contributed by atoms with Crippen molar-refractivity contribution in [1.82, 2.24) is 5.32 Å². The Morgan fingerprint density at radius 3 is 2.91 bits per heavy atom. The minimum absolute atomic E-state index is 0.210. The number of terminal acetylenes is 1. The van der Waals surface area contributed by atoms with Crippen molar-refractivity contribution in [3.05, 3.63) is 0 Å². The van der Waals surface area contributed by atoms with Gasteiger partial charge in [-0.3, -0.25) is 0 Å². The quantitative estimate of drug-likeness (QED) is 0.438. The van der Waals surface area contributed by atoms with Gasteiger partial charge in [-0.2, -0.15) is 0 Å². The van der Waals surface area contributed by atoms with E-state index in [4.69, 9.17) is 6.42 Å². The molecule has 0 heterocycles. The third-order valence-electron chi connectivity index (χ3n) is 1.45. The first-order valence-corrected chi connectivity index (χ1v) is 4.13. The van der Waals surface area contributed by atoms with E-state index >= 15 is 0 Å². The zero-order valence-corrected chi connectivity index (χ0v) is 7.14. The van der Waals surface area contributed by atoms with E-state index < -0.39 is 0 Å². The molecule has 2 nitrogen and oxygen atoms in total. The summed E-state index contributed by atoms with van der Waals surface area (Å²) in [5, 5.41) is 12.3. The standard InChI is InChI=1S/C9H17NO/c1-3-5-7-10-8-9(11)6-4-2/h1,9-11H,4-8H2,2H3. The molecule has 0 rings (SSSR count). The van der Waals surface area contributed by atoms with Crippen LogP contribution in [0, 0.1) is 12.3 Å². The lowest BCUT2D eigenvalue weighted by Gasteiger charge is -2.08. The molecule has 0 spiro atoms. The van der Waals surface area contributed by atoms with Gasteiger partial charge in [0, 0.05) is 19.5 Å². The molecule has 0 aromatic heterocycles. The Hall–Kier alpha value is -0.520. The number of aliphatic hydroxyl groups excluding tert-OH is 1. The fourth-order valence-electron chi connectivity index (χ4n) is 0.865. The maximum Gasteiger partial charge on any atom is 0.0664 e. The molecular formula is C9H17NO. The molecule has 0 fully saturated rings. The molecule has 0 aliphatic rings. The van der Waals surface area contributed by atoms with Gasteiger partial charge in [-0.25, -0.2) is 0 Å². The maximum atomic E-state index is 9.23. The van der Waals surface area contributed by atoms with Crippen LogP contribution in [0.5, 0.6) is 0 Å². The highest BCUT2D eigenvalue weighted by atomic mass is 16.3. The van der Waals surface area contributed by atoms with E-state index in [2.05, 4.69) is 18.2 Å². The second kappa shape index (κ2) is 7.59. The van der Waals surface area contributed by atoms with Crippen LogP contribution in [-0.2, 0) is 0 Å². The number of nitrogens with one attached hydrogen (secondary N) is 1. The minimum atomic E-state index is -0.210. The lowest BCUT2D eigenvalue weighted by Crippen LogP contribution is -2.27. The van der Waals surface area contributed by atoms with Crippen LogP contribution in [0.25, 0.3) is 0 Å². The molecule has 64 valence electrons. The molecule has 0 radical (unpaired) electrons. The second-order valence-electron chi connectivity index (χ2n) is 2.60. The second-order valence-corrected chi connectivity index (χ2v) is 2.60. The van der Waals surface area contributed by atoms with E-state index in [-0.39, 0.29) is 6.10 Å². The topological polar surface area (TPSA) is 32.3 Å². The van der Waals surface area contributed by atoms with Gasteiger partial charge in [0.15, 0.2) is 0 Å². The van der Waals surface area contributed by atoms with E-state index in [0.717, 1.165) is 25.8 Å². The number of hydrogen-bond acceptors (Lipinski definition) is 2. The summed E-state index contributed by atoms with van der Waals surface area (Å²) in [6, 6.07) is 0. The summed E-state index contributed by atoms with van der Waals surface area (Å²) in [6.07, 6.45) is 7.47. The molecule has 0 aliphatic heterocycles. The fourth-order valence-corrected chi connectivity index (χ4v) is 0.865. The Kier molecular flexibility index (Phi) is 7.23. The predicted molar refractivity (Wildman–Crippen MR) is 47.2 cm³/mol. The van der Waals surface area contributed by atoms with E-state index in [9.17, 15) is 5.11 Å². The zero-order chi connectivity index (χ0) is 8.53. The van der Waals surface area contributed by atoms with E-state index in [0.29, 0.717) is 6.54 Å². The molecular weight excluding hydrogens is 138 g/mol. The molecule has 1 unspecified atom stereocenters. The first kappa shape index (κ1) is 10.5. The van der Waals surface area contributed by atoms with Crippen molar-refractivity contribution in [1.29, 1.82) is 0 Å². The third-order valence-corrected chi connectivity index (χ3v) is 1.45. The Morgan fingerprint density at radius 2 is 2.36 bits per heavy atom. The molecule has 0 aromatic carbocycles. The molecule has 0 bridgehead atoms. The van der Waals surface area contributed by atoms with Crippen molar-refractivity contribution in [2.75, 3.05) is 13.1 Å². The van der Waals surface area contributed by atoms with Gasteiger partial charge in [-0.15, -0.1) is 12.3 Å². The normalized spacial score (nSPS) is 12.5. The molecule has 0 aromatic rings. The number of hydrogen-bond donors (Lipinski definition) is 2. The van der Waals surface area contributed by atoms with Gasteiger partial charge < -0.3 is 10.4 Å². The largest absolute Gasteiger partial charge is 0.392 e. The van der Waals surface area contributed by atoms with Crippen molar-refractivity contribution in [2.45, 2.75) is 32.3 Å². The average Bonchev–Trinajstić information content (AvgIpc) is 1.99. The summed E-state index contributed by atoms with van der Waals surface area (Å²) < 4.78 is 0. The molecule has 2 heteroatoms. The molecule has 1 atom stereocenters. The van der Waals surface area contributed by atoms with Crippen LogP contribution in [0.2, 0.25) is 0 Å². The number of rotatable bonds is 6. The summed E-state index contributed by atoms with van der Waals surface area (Å²) in [6.45, 7) is 3.53. The Bertz CT molecular complexity index is 117. The molecule has 0 saturated heterocycles. The Balaban J connectivity index is 3.05. The lowest BCUT2D eigenvalue weighted by atomic mass is 10.2. The van der Waals surface area contributed by atoms with Gasteiger partial charge in [-0.05, 0) is 6.42 Å². The Morgan fingerprint density at radius 1 is 1.64 bits per heavy atom. The van der Waals surface area contributed by atoms with Gasteiger partial charge in [0.05, 0.1) is 6.10 Å². The fraction of sp³-hybridized carbons (Fsp3) is 0.778. The van der Waals surface area contributed by atoms with Crippen LogP contribution >= 0.6 is 0 Å². The van der Waals surface area contributed by atoms with Crippen LogP contribution in [-0.4, -0.2) is 24.3 Å². The van der Waals surface area contributed by atoms with Crippen LogP contribution in [0.15, 0.2) is 0 Å². The molecule has 2 N–H and O–H groups in total. The van der Waals surface area contributed by atoms with E-state index in [1.54, 1.807) is 0 Å². The summed E-state index contributed by atoms with van der Waals surface area (Å²) in [7, 11) is 0. The summed E-state index contributed by atoms with van der Waals surface area (Å²) >= 11 is 0. The number of aliphatic hydroxyl groups is 1. The molecule has 0 aliphatic carbocycles. The summed E-state index contributed by atoms with van der Waals surface area (Å²) in [4.78, 5) is 0. The van der Waals surface area contributed by atoms with E-state index in [1.807, 2.05) is 0 Å². The third kappa shape index (κ3) is 7.38. The first-order valence-electron chi connectivity index (χ1n) is 4.13. The van der Waals surface area contributed by atoms with Crippen molar-refractivity contribution in [3.63, 3.8) is 0 Å². The maximum absolute atomic E-state index is 9.23. The van der Waals surface area contributed by atoms with Crippen LogP contribution in [0.1, 0.15) is 26.2 Å². The highest BCUT2D eigenvalue weighted by Gasteiger charge is 1.99.